The molecule has 0 aliphatic carbocycles. The molecule has 1 aliphatic heterocycles. The van der Waals surface area contributed by atoms with Crippen molar-refractivity contribution in [2.24, 2.45) is 0 Å². The Labute approximate surface area is 179 Å². The lowest BCUT2D eigenvalue weighted by molar-refractivity contribution is 0.0886. The van der Waals surface area contributed by atoms with Crippen molar-refractivity contribution >= 4 is 17.5 Å². The van der Waals surface area contributed by atoms with Crippen LogP contribution < -0.4 is 5.32 Å². The maximum absolute atomic E-state index is 12.8. The highest BCUT2D eigenvalue weighted by atomic mass is 35.5. The van der Waals surface area contributed by atoms with E-state index in [1.165, 1.54) is 11.1 Å². The molecule has 1 N–H and O–H groups in total. The molecule has 1 fully saturated rings. The van der Waals surface area contributed by atoms with Crippen molar-refractivity contribution in [1.82, 2.24) is 15.1 Å². The number of hydrogen-bond donors (Lipinski definition) is 1. The first-order valence-corrected chi connectivity index (χ1v) is 10.7. The van der Waals surface area contributed by atoms with Gasteiger partial charge in [0.2, 0.25) is 0 Å². The number of benzene rings is 2. The number of likely N-dealkylation sites (N-methyl/N-ethyl adjacent to an activating group) is 1. The smallest absolute Gasteiger partial charge is 0.251 e. The van der Waals surface area contributed by atoms with Crippen LogP contribution >= 0.6 is 11.6 Å². The van der Waals surface area contributed by atoms with Gasteiger partial charge in [-0.25, -0.2) is 0 Å². The average molecular weight is 414 g/mol. The van der Waals surface area contributed by atoms with E-state index in [-0.39, 0.29) is 17.4 Å². The monoisotopic (exact) mass is 413 g/mol. The third-order valence-electron chi connectivity index (χ3n) is 5.70. The highest BCUT2D eigenvalue weighted by molar-refractivity contribution is 6.30. The summed E-state index contributed by atoms with van der Waals surface area (Å²) < 4.78 is 0. The summed E-state index contributed by atoms with van der Waals surface area (Å²) in [5.74, 6) is -0.0291. The number of rotatable bonds is 5. The fourth-order valence-electron chi connectivity index (χ4n) is 3.69. The summed E-state index contributed by atoms with van der Waals surface area (Å²) in [7, 11) is 2.15. The van der Waals surface area contributed by atoms with Crippen LogP contribution in [0.25, 0.3) is 0 Å². The number of carbonyl (C=O) groups is 1. The van der Waals surface area contributed by atoms with E-state index in [4.69, 9.17) is 11.6 Å². The summed E-state index contributed by atoms with van der Waals surface area (Å²) in [6, 6.07) is 16.0. The van der Waals surface area contributed by atoms with Crippen LogP contribution in [-0.4, -0.2) is 55.5 Å². The van der Waals surface area contributed by atoms with E-state index >= 15 is 0 Å². The summed E-state index contributed by atoms with van der Waals surface area (Å²) in [6.07, 6.45) is 0. The van der Waals surface area contributed by atoms with Crippen LogP contribution in [0.1, 0.15) is 48.3 Å². The molecule has 1 aliphatic rings. The molecule has 0 bridgehead atoms. The molecule has 2 aromatic carbocycles. The molecule has 1 saturated heterocycles. The van der Waals surface area contributed by atoms with Gasteiger partial charge in [0, 0.05) is 43.3 Å². The minimum atomic E-state index is -0.0291. The zero-order valence-electron chi connectivity index (χ0n) is 17.9. The van der Waals surface area contributed by atoms with E-state index in [1.807, 2.05) is 36.4 Å². The van der Waals surface area contributed by atoms with Gasteiger partial charge in [-0.1, -0.05) is 56.6 Å². The molecule has 0 spiro atoms. The number of amides is 1. The summed E-state index contributed by atoms with van der Waals surface area (Å²) >= 11 is 6.08. The van der Waals surface area contributed by atoms with Crippen LogP contribution in [0.3, 0.4) is 0 Å². The van der Waals surface area contributed by atoms with Crippen LogP contribution in [0.5, 0.6) is 0 Å². The molecule has 4 nitrogen and oxygen atoms in total. The Morgan fingerprint density at radius 2 is 1.59 bits per heavy atom. The second-order valence-corrected chi connectivity index (χ2v) is 9.38. The fraction of sp³-hybridized carbons (Fsp3) is 0.458. The Morgan fingerprint density at radius 1 is 1.00 bits per heavy atom. The van der Waals surface area contributed by atoms with E-state index in [9.17, 15) is 4.79 Å². The number of halogens is 1. The van der Waals surface area contributed by atoms with Gasteiger partial charge in [-0.05, 0) is 47.9 Å². The highest BCUT2D eigenvalue weighted by Crippen LogP contribution is 2.24. The standard InChI is InChI=1S/C24H32ClN3O/c1-24(2,3)20-9-5-19(6-10-20)23(29)26-17-22(18-7-11-21(25)12-8-18)28-15-13-27(4)14-16-28/h5-12,22H,13-17H2,1-4H3,(H,26,29). The molecule has 2 aromatic rings. The Hall–Kier alpha value is -1.88. The zero-order valence-corrected chi connectivity index (χ0v) is 18.7. The quantitative estimate of drug-likeness (QED) is 0.791. The number of piperazine rings is 1. The summed E-state index contributed by atoms with van der Waals surface area (Å²) in [5.41, 5.74) is 3.19. The second kappa shape index (κ2) is 9.29. The van der Waals surface area contributed by atoms with Gasteiger partial charge in [-0.2, -0.15) is 0 Å². The van der Waals surface area contributed by atoms with Crippen molar-refractivity contribution in [3.63, 3.8) is 0 Å². The summed E-state index contributed by atoms with van der Waals surface area (Å²) in [4.78, 5) is 17.6. The van der Waals surface area contributed by atoms with Crippen LogP contribution in [0.2, 0.25) is 5.02 Å². The van der Waals surface area contributed by atoms with Gasteiger partial charge in [0.1, 0.15) is 0 Å². The van der Waals surface area contributed by atoms with Gasteiger partial charge < -0.3 is 10.2 Å². The largest absolute Gasteiger partial charge is 0.350 e. The predicted molar refractivity (Wildman–Crippen MR) is 121 cm³/mol. The van der Waals surface area contributed by atoms with E-state index in [2.05, 4.69) is 55.1 Å². The zero-order chi connectivity index (χ0) is 21.0. The van der Waals surface area contributed by atoms with Crippen molar-refractivity contribution in [2.75, 3.05) is 39.8 Å². The van der Waals surface area contributed by atoms with Crippen molar-refractivity contribution < 1.29 is 4.79 Å². The van der Waals surface area contributed by atoms with Crippen molar-refractivity contribution in [3.05, 3.63) is 70.2 Å². The Bertz CT molecular complexity index is 804. The first-order valence-electron chi connectivity index (χ1n) is 10.3. The van der Waals surface area contributed by atoms with Gasteiger partial charge in [-0.15, -0.1) is 0 Å². The Kier molecular flexibility index (Phi) is 6.99. The Morgan fingerprint density at radius 3 is 2.14 bits per heavy atom. The molecule has 3 rings (SSSR count). The fourth-order valence-corrected chi connectivity index (χ4v) is 3.82. The number of nitrogens with zero attached hydrogens (tertiary/aromatic N) is 2. The lowest BCUT2D eigenvalue weighted by atomic mass is 9.87. The Balaban J connectivity index is 1.70. The predicted octanol–water partition coefficient (Wildman–Crippen LogP) is 4.36. The lowest BCUT2D eigenvalue weighted by Crippen LogP contribution is -2.48. The van der Waals surface area contributed by atoms with Crippen molar-refractivity contribution in [3.8, 4) is 0 Å². The molecule has 1 unspecified atom stereocenters. The van der Waals surface area contributed by atoms with E-state index in [1.54, 1.807) is 0 Å². The van der Waals surface area contributed by atoms with E-state index in [0.29, 0.717) is 12.1 Å². The third-order valence-corrected chi connectivity index (χ3v) is 5.95. The number of nitrogens with one attached hydrogen (secondary N) is 1. The molecular formula is C24H32ClN3O. The van der Waals surface area contributed by atoms with Crippen molar-refractivity contribution in [2.45, 2.75) is 32.2 Å². The molecule has 0 saturated carbocycles. The van der Waals surface area contributed by atoms with Crippen LogP contribution in [0.15, 0.2) is 48.5 Å². The van der Waals surface area contributed by atoms with Crippen LogP contribution in [-0.2, 0) is 5.41 Å². The topological polar surface area (TPSA) is 35.6 Å². The van der Waals surface area contributed by atoms with Gasteiger partial charge in [0.25, 0.3) is 5.91 Å². The molecule has 29 heavy (non-hydrogen) atoms. The van der Waals surface area contributed by atoms with Gasteiger partial charge in [0.05, 0.1) is 6.04 Å². The van der Waals surface area contributed by atoms with E-state index in [0.717, 1.165) is 31.2 Å². The first kappa shape index (κ1) is 21.8. The summed E-state index contributed by atoms with van der Waals surface area (Å²) in [5, 5.41) is 3.88. The van der Waals surface area contributed by atoms with Crippen LogP contribution in [0, 0.1) is 0 Å². The molecule has 1 amide bonds. The van der Waals surface area contributed by atoms with Gasteiger partial charge in [0.15, 0.2) is 0 Å². The normalized spacial score (nSPS) is 17.1. The average Bonchev–Trinajstić information content (AvgIpc) is 2.70. The minimum Gasteiger partial charge on any atom is -0.350 e. The molecule has 1 heterocycles. The molecule has 5 heteroatoms. The lowest BCUT2D eigenvalue weighted by Gasteiger charge is -2.38. The third kappa shape index (κ3) is 5.81. The molecule has 0 radical (unpaired) electrons. The number of carbonyl (C=O) groups excluding carboxylic acids is 1. The molecule has 0 aromatic heterocycles. The molecule has 1 atom stereocenters. The van der Waals surface area contributed by atoms with Crippen molar-refractivity contribution in [1.29, 1.82) is 0 Å². The second-order valence-electron chi connectivity index (χ2n) is 8.94. The SMILES string of the molecule is CN1CCN(C(CNC(=O)c2ccc(C(C)(C)C)cc2)c2ccc(Cl)cc2)CC1. The maximum Gasteiger partial charge on any atom is 0.251 e. The summed E-state index contributed by atoms with van der Waals surface area (Å²) in [6.45, 7) is 11.1. The van der Waals surface area contributed by atoms with E-state index < -0.39 is 0 Å². The molecule has 156 valence electrons. The minimum absolute atomic E-state index is 0.0291. The maximum atomic E-state index is 12.8. The van der Waals surface area contributed by atoms with Crippen LogP contribution in [0.4, 0.5) is 0 Å². The number of hydrogen-bond acceptors (Lipinski definition) is 3. The highest BCUT2D eigenvalue weighted by Gasteiger charge is 2.24. The van der Waals surface area contributed by atoms with Gasteiger partial charge >= 0.3 is 0 Å². The van der Waals surface area contributed by atoms with Gasteiger partial charge in [-0.3, -0.25) is 9.69 Å². The molecular weight excluding hydrogens is 382 g/mol. The first-order chi connectivity index (χ1) is 13.7.